The van der Waals surface area contributed by atoms with Crippen LogP contribution in [0.25, 0.3) is 0 Å². The number of nitrogens with one attached hydrogen (secondary N) is 1. The molecule has 0 saturated carbocycles. The lowest BCUT2D eigenvalue weighted by atomic mass is 9.89. The molecule has 1 aromatic rings. The van der Waals surface area contributed by atoms with Crippen LogP contribution in [0.15, 0.2) is 18.2 Å². The van der Waals surface area contributed by atoms with E-state index in [1.165, 1.54) is 37.7 Å². The molecule has 0 aromatic heterocycles. The third-order valence-electron chi connectivity index (χ3n) is 3.84. The number of rotatable bonds is 10. The maximum absolute atomic E-state index is 13.9. The molecule has 0 heterocycles. The zero-order chi connectivity index (χ0) is 16.8. The van der Waals surface area contributed by atoms with Crippen LogP contribution >= 0.6 is 0 Å². The molecule has 1 nitrogen and oxygen atoms in total. The Hall–Kier alpha value is -0.960. The maximum atomic E-state index is 13.9. The fraction of sp³-hybridized carbons (Fsp3) is 0.684. The van der Waals surface area contributed by atoms with E-state index in [2.05, 4.69) is 32.2 Å². The molecule has 0 fully saturated rings. The molecule has 1 N–H and O–H groups in total. The summed E-state index contributed by atoms with van der Waals surface area (Å²) >= 11 is 0. The third-order valence-corrected chi connectivity index (χ3v) is 3.84. The molecule has 0 aliphatic carbocycles. The molecule has 22 heavy (non-hydrogen) atoms. The number of hydrogen-bond donors (Lipinski definition) is 1. The number of unbranched alkanes of at least 4 members (excludes halogenated alkanes) is 1. The second kappa shape index (κ2) is 13.7. The highest BCUT2D eigenvalue weighted by Gasteiger charge is 2.12. The van der Waals surface area contributed by atoms with Crippen molar-refractivity contribution in [3.05, 3.63) is 35.1 Å². The zero-order valence-electron chi connectivity index (χ0n) is 14.7. The average molecular weight is 315 g/mol. The number of alkyl halides is 1. The van der Waals surface area contributed by atoms with Gasteiger partial charge < -0.3 is 5.32 Å². The topological polar surface area (TPSA) is 12.0 Å². The van der Waals surface area contributed by atoms with Crippen molar-refractivity contribution in [2.75, 3.05) is 13.7 Å². The van der Waals surface area contributed by atoms with E-state index in [0.29, 0.717) is 19.6 Å². The van der Waals surface area contributed by atoms with Crippen molar-refractivity contribution < 1.29 is 10.2 Å². The Morgan fingerprint density at radius 2 is 1.68 bits per heavy atom. The Morgan fingerprint density at radius 3 is 2.23 bits per heavy atom. The van der Waals surface area contributed by atoms with Crippen LogP contribution in [0.1, 0.15) is 77.8 Å². The lowest BCUT2D eigenvalue weighted by Crippen LogP contribution is -2.15. The summed E-state index contributed by atoms with van der Waals surface area (Å²) in [6.07, 6.45) is 7.09. The van der Waals surface area contributed by atoms with Crippen molar-refractivity contribution in [2.45, 2.75) is 71.8 Å². The van der Waals surface area contributed by atoms with Gasteiger partial charge in [-0.15, -0.1) is 0 Å². The van der Waals surface area contributed by atoms with Crippen LogP contribution in [-0.2, 0) is 6.54 Å². The lowest BCUT2D eigenvalue weighted by molar-refractivity contribution is 0.550. The van der Waals surface area contributed by atoms with Gasteiger partial charge >= 0.3 is 0 Å². The molecule has 0 spiro atoms. The normalized spacial score (nSPS) is 10.5. The molecule has 0 radical (unpaired) electrons. The van der Waals surface area contributed by atoms with E-state index in [-0.39, 0.29) is 7.24 Å². The van der Waals surface area contributed by atoms with Gasteiger partial charge in [-0.1, -0.05) is 52.2 Å². The van der Waals surface area contributed by atoms with Gasteiger partial charge in [-0.3, -0.25) is 4.39 Å². The van der Waals surface area contributed by atoms with Crippen LogP contribution in [0.2, 0.25) is 0 Å². The number of benzene rings is 1. The molecular formula is C19H35F2N. The molecule has 0 aliphatic rings. The van der Waals surface area contributed by atoms with E-state index >= 15 is 0 Å². The standard InChI is InChI=1S/C18H30FN.CH3F.H2/c1-4-7-12-20-14-17-13-16(10-11-18(17)19)15(8-5-2)9-6-3;1-2;/h10-11,13,15,20H,4-9,12,14H2,1-3H3;1H3;1H. The van der Waals surface area contributed by atoms with E-state index < -0.39 is 0 Å². The Bertz CT molecular complexity index is 380. The van der Waals surface area contributed by atoms with Crippen LogP contribution in [-0.4, -0.2) is 13.7 Å². The molecule has 0 unspecified atom stereocenters. The minimum atomic E-state index is -0.0792. The minimum absolute atomic E-state index is 0. The van der Waals surface area contributed by atoms with Gasteiger partial charge in [-0.05, 0) is 43.4 Å². The maximum Gasteiger partial charge on any atom is 0.127 e. The molecule has 0 bridgehead atoms. The quantitative estimate of drug-likeness (QED) is 0.505. The second-order valence-corrected chi connectivity index (χ2v) is 5.66. The van der Waals surface area contributed by atoms with E-state index in [9.17, 15) is 8.78 Å². The summed E-state index contributed by atoms with van der Waals surface area (Å²) in [7, 11) is 0.500. The zero-order valence-corrected chi connectivity index (χ0v) is 14.7. The van der Waals surface area contributed by atoms with Crippen molar-refractivity contribution >= 4 is 0 Å². The van der Waals surface area contributed by atoms with Gasteiger partial charge in [0.2, 0.25) is 0 Å². The van der Waals surface area contributed by atoms with Crippen LogP contribution in [0.4, 0.5) is 8.78 Å². The molecule has 0 saturated heterocycles. The predicted molar refractivity (Wildman–Crippen MR) is 94.7 cm³/mol. The van der Waals surface area contributed by atoms with Gasteiger partial charge in [0.25, 0.3) is 0 Å². The molecule has 1 aromatic carbocycles. The third kappa shape index (κ3) is 7.88. The van der Waals surface area contributed by atoms with Gasteiger partial charge in [-0.2, -0.15) is 0 Å². The summed E-state index contributed by atoms with van der Waals surface area (Å²) in [6.45, 7) is 8.22. The van der Waals surface area contributed by atoms with Gasteiger partial charge in [0, 0.05) is 13.5 Å². The summed E-state index contributed by atoms with van der Waals surface area (Å²) in [6, 6.07) is 5.69. The van der Waals surface area contributed by atoms with Gasteiger partial charge in [0.05, 0.1) is 7.18 Å². The van der Waals surface area contributed by atoms with Crippen molar-refractivity contribution in [1.82, 2.24) is 5.32 Å². The minimum Gasteiger partial charge on any atom is -0.313 e. The predicted octanol–water partition coefficient (Wildman–Crippen LogP) is 6.23. The Labute approximate surface area is 137 Å². The fourth-order valence-corrected chi connectivity index (χ4v) is 2.68. The first-order chi connectivity index (χ1) is 10.7. The van der Waals surface area contributed by atoms with Crippen molar-refractivity contribution in [1.29, 1.82) is 0 Å². The molecule has 0 aliphatic heterocycles. The highest BCUT2D eigenvalue weighted by atomic mass is 19.1. The highest BCUT2D eigenvalue weighted by Crippen LogP contribution is 2.27. The lowest BCUT2D eigenvalue weighted by Gasteiger charge is -2.17. The number of hydrogen-bond acceptors (Lipinski definition) is 1. The first-order valence-corrected chi connectivity index (χ1v) is 8.59. The van der Waals surface area contributed by atoms with Crippen molar-refractivity contribution in [2.24, 2.45) is 0 Å². The SMILES string of the molecule is CCCCNCc1cc(C(CCC)CCC)ccc1F.CF.[HH]. The fourth-order valence-electron chi connectivity index (χ4n) is 2.68. The van der Waals surface area contributed by atoms with Crippen molar-refractivity contribution in [3.8, 4) is 0 Å². The average Bonchev–Trinajstić information content (AvgIpc) is 2.55. The second-order valence-electron chi connectivity index (χ2n) is 5.66. The number of halogens is 2. The molecule has 0 atom stereocenters. The summed E-state index contributed by atoms with van der Waals surface area (Å²) in [5, 5.41) is 3.33. The van der Waals surface area contributed by atoms with Crippen LogP contribution in [0, 0.1) is 5.82 Å². The first-order valence-electron chi connectivity index (χ1n) is 8.59. The van der Waals surface area contributed by atoms with Gasteiger partial charge in [0.1, 0.15) is 5.82 Å². The van der Waals surface area contributed by atoms with Crippen LogP contribution < -0.4 is 5.32 Å². The first kappa shape index (κ1) is 21.0. The summed E-state index contributed by atoms with van der Waals surface area (Å²) in [5.74, 6) is 0.504. The van der Waals surface area contributed by atoms with E-state index in [1.807, 2.05) is 6.07 Å². The van der Waals surface area contributed by atoms with E-state index in [4.69, 9.17) is 0 Å². The molecule has 1 rings (SSSR count). The Kier molecular flexibility index (Phi) is 13.1. The van der Waals surface area contributed by atoms with E-state index in [1.54, 1.807) is 6.07 Å². The molecule has 0 amide bonds. The van der Waals surface area contributed by atoms with E-state index in [0.717, 1.165) is 18.5 Å². The van der Waals surface area contributed by atoms with Gasteiger partial charge in [0.15, 0.2) is 0 Å². The largest absolute Gasteiger partial charge is 0.313 e. The Morgan fingerprint density at radius 1 is 1.05 bits per heavy atom. The smallest absolute Gasteiger partial charge is 0.127 e. The Balaban J connectivity index is 0. The molecular weight excluding hydrogens is 280 g/mol. The molecule has 3 heteroatoms. The van der Waals surface area contributed by atoms with Gasteiger partial charge in [-0.25, -0.2) is 4.39 Å². The molecule has 130 valence electrons. The van der Waals surface area contributed by atoms with Crippen LogP contribution in [0.3, 0.4) is 0 Å². The van der Waals surface area contributed by atoms with Crippen LogP contribution in [0.5, 0.6) is 0 Å². The summed E-state index contributed by atoms with van der Waals surface area (Å²) in [4.78, 5) is 0. The summed E-state index contributed by atoms with van der Waals surface area (Å²) < 4.78 is 23.4. The van der Waals surface area contributed by atoms with Crippen molar-refractivity contribution in [3.63, 3.8) is 0 Å². The highest BCUT2D eigenvalue weighted by molar-refractivity contribution is 5.28. The monoisotopic (exact) mass is 315 g/mol. The summed E-state index contributed by atoms with van der Waals surface area (Å²) in [5.41, 5.74) is 2.12.